The van der Waals surface area contributed by atoms with Crippen molar-refractivity contribution in [1.29, 1.82) is 0 Å². The van der Waals surface area contributed by atoms with Gasteiger partial charge in [-0.15, -0.1) is 5.75 Å². The van der Waals surface area contributed by atoms with Crippen LogP contribution in [0.3, 0.4) is 0 Å². The summed E-state index contributed by atoms with van der Waals surface area (Å²) in [5, 5.41) is 32.2. The van der Waals surface area contributed by atoms with Gasteiger partial charge in [0.05, 0.1) is 18.1 Å². The van der Waals surface area contributed by atoms with Crippen molar-refractivity contribution in [3.05, 3.63) is 120 Å². The molecule has 0 unspecified atom stereocenters. The van der Waals surface area contributed by atoms with Crippen LogP contribution in [0.4, 0.5) is 0 Å². The van der Waals surface area contributed by atoms with Gasteiger partial charge in [0.2, 0.25) is 0 Å². The van der Waals surface area contributed by atoms with E-state index >= 15 is 0 Å². The molecule has 2 aromatic rings. The smallest absolute Gasteiger partial charge is 0.872 e. The van der Waals surface area contributed by atoms with E-state index in [1.165, 1.54) is 69.2 Å². The normalized spacial score (nSPS) is 12.5. The number of allylic oxidation sites excluding steroid dienone is 10. The molecule has 2 aliphatic carbocycles. The molecule has 41 heavy (non-hydrogen) atoms. The van der Waals surface area contributed by atoms with Crippen LogP contribution in [0.2, 0.25) is 0 Å². The molecule has 0 amide bonds. The van der Waals surface area contributed by atoms with Crippen molar-refractivity contribution in [2.24, 2.45) is 0 Å². The molecule has 0 saturated carbocycles. The molecule has 0 fully saturated rings. The third kappa shape index (κ3) is 12.9. The van der Waals surface area contributed by atoms with E-state index < -0.39 is 0 Å². The van der Waals surface area contributed by atoms with Crippen molar-refractivity contribution in [2.45, 2.75) is 58.3 Å². The van der Waals surface area contributed by atoms with Gasteiger partial charge < -0.3 is 29.5 Å². The molecule has 2 aliphatic rings. The molecule has 0 radical (unpaired) electrons. The van der Waals surface area contributed by atoms with Crippen LogP contribution < -0.4 is 24.4 Å². The summed E-state index contributed by atoms with van der Waals surface area (Å²) in [6.45, 7) is 2.98. The van der Waals surface area contributed by atoms with Gasteiger partial charge >= 0.3 is 17.1 Å². The standard InChI is InChI=1S/C22H30O3.C12H10O3.Fe/c1-2-3-4-5-6-7-8-11-18-24-20-14-16-21(17-15-20)25-22(23)19-12-9-10-13-19;13-10-5-7-11(8-6-10)15-12(14)9-3-1-2-4-9;/h9-10,12-17,23H,2-8,11,18H2,1H3;1-8,13-14H;/q;;+2/p-2. The van der Waals surface area contributed by atoms with E-state index in [9.17, 15) is 15.3 Å². The van der Waals surface area contributed by atoms with Crippen molar-refractivity contribution in [3.8, 4) is 23.0 Å². The minimum absolute atomic E-state index is 0. The molecule has 0 aliphatic heterocycles. The monoisotopic (exact) mass is 598 g/mol. The average molecular weight is 599 g/mol. The number of aliphatic hydroxyl groups is 1. The molecule has 4 rings (SSSR count). The Morgan fingerprint density at radius 1 is 0.634 bits per heavy atom. The average Bonchev–Trinajstić information content (AvgIpc) is 3.70. The maximum atomic E-state index is 11.9. The van der Waals surface area contributed by atoms with Crippen LogP contribution in [0.25, 0.3) is 0 Å². The Labute approximate surface area is 254 Å². The summed E-state index contributed by atoms with van der Waals surface area (Å²) in [5.41, 5.74) is 1.18. The molecule has 0 atom stereocenters. The third-order valence-electron chi connectivity index (χ3n) is 6.15. The topological polar surface area (TPSA) is 94.0 Å². The molecule has 0 bridgehead atoms. The van der Waals surface area contributed by atoms with Gasteiger partial charge in [0.1, 0.15) is 11.5 Å². The summed E-state index contributed by atoms with van der Waals surface area (Å²) in [5.74, 6) is 1.20. The van der Waals surface area contributed by atoms with Crippen LogP contribution in [0, 0.1) is 0 Å². The van der Waals surface area contributed by atoms with Gasteiger partial charge in [-0.3, -0.25) is 0 Å². The number of ether oxygens (including phenoxy) is 3. The number of unbranched alkanes of at least 4 members (excludes halogenated alkanes) is 7. The van der Waals surface area contributed by atoms with Gasteiger partial charge in [-0.1, -0.05) is 100 Å². The fourth-order valence-corrected chi connectivity index (χ4v) is 3.90. The zero-order valence-corrected chi connectivity index (χ0v) is 24.5. The Hall–Kier alpha value is -3.80. The first-order chi connectivity index (χ1) is 19.5. The number of rotatable bonds is 14. The molecule has 0 saturated heterocycles. The molecule has 218 valence electrons. The third-order valence-corrected chi connectivity index (χ3v) is 6.15. The van der Waals surface area contributed by atoms with E-state index in [0.717, 1.165) is 18.8 Å². The maximum Gasteiger partial charge on any atom is 2.00 e. The van der Waals surface area contributed by atoms with Gasteiger partial charge in [0, 0.05) is 5.75 Å². The SMILES string of the molecule is CCCCCCCCCCOc1ccc(OC([O-])=C2C=CC=C2)cc1.[Fe+2].[O-]c1ccc(OC(O)=C2C=CC=C2)cc1. The summed E-state index contributed by atoms with van der Waals surface area (Å²) in [6, 6.07) is 13.0. The molecular weight excluding hydrogens is 560 g/mol. The molecule has 1 N–H and O–H groups in total. The quantitative estimate of drug-likeness (QED) is 0.139. The first kappa shape index (κ1) is 33.4. The molecule has 0 spiro atoms. The predicted octanol–water partition coefficient (Wildman–Crippen LogP) is 7.31. The van der Waals surface area contributed by atoms with Crippen LogP contribution in [-0.2, 0) is 17.1 Å². The van der Waals surface area contributed by atoms with Crippen LogP contribution in [-0.4, -0.2) is 11.7 Å². The van der Waals surface area contributed by atoms with E-state index in [4.69, 9.17) is 14.2 Å². The molecule has 6 nitrogen and oxygen atoms in total. The first-order valence-corrected chi connectivity index (χ1v) is 13.9. The zero-order chi connectivity index (χ0) is 28.4. The van der Waals surface area contributed by atoms with E-state index in [2.05, 4.69) is 6.92 Å². The molecule has 0 heterocycles. The Morgan fingerprint density at radius 3 is 1.68 bits per heavy atom. The molecular formula is C34H38FeO6. The Kier molecular flexibility index (Phi) is 15.7. The Balaban J connectivity index is 0.000000314. The summed E-state index contributed by atoms with van der Waals surface area (Å²) < 4.78 is 16.2. The summed E-state index contributed by atoms with van der Waals surface area (Å²) in [4.78, 5) is 0. The van der Waals surface area contributed by atoms with Gasteiger partial charge in [0.15, 0.2) is 0 Å². The number of hydrogen-bond acceptors (Lipinski definition) is 6. The van der Waals surface area contributed by atoms with Crippen molar-refractivity contribution >= 4 is 0 Å². The second-order valence-electron chi connectivity index (χ2n) is 9.41. The van der Waals surface area contributed by atoms with E-state index in [1.54, 1.807) is 48.6 Å². The predicted molar refractivity (Wildman–Crippen MR) is 155 cm³/mol. The second-order valence-corrected chi connectivity index (χ2v) is 9.41. The largest absolute Gasteiger partial charge is 2.00 e. The fourth-order valence-electron chi connectivity index (χ4n) is 3.90. The van der Waals surface area contributed by atoms with Crippen LogP contribution in [0.15, 0.2) is 120 Å². The van der Waals surface area contributed by atoms with Crippen LogP contribution >= 0.6 is 0 Å². The molecule has 2 aromatic carbocycles. The van der Waals surface area contributed by atoms with Gasteiger partial charge in [-0.25, -0.2) is 0 Å². The minimum atomic E-state index is -0.336. The van der Waals surface area contributed by atoms with Crippen molar-refractivity contribution in [2.75, 3.05) is 6.61 Å². The minimum Gasteiger partial charge on any atom is -0.872 e. The number of hydrogen-bond donors (Lipinski definition) is 1. The van der Waals surface area contributed by atoms with Crippen molar-refractivity contribution < 1.29 is 46.6 Å². The van der Waals surface area contributed by atoms with Crippen molar-refractivity contribution in [3.63, 3.8) is 0 Å². The first-order valence-electron chi connectivity index (χ1n) is 13.9. The summed E-state index contributed by atoms with van der Waals surface area (Å²) in [6.07, 6.45) is 24.5. The Morgan fingerprint density at radius 2 is 1.10 bits per heavy atom. The van der Waals surface area contributed by atoms with Gasteiger partial charge in [-0.2, -0.15) is 0 Å². The van der Waals surface area contributed by atoms with Gasteiger partial charge in [-0.05, 0) is 60.5 Å². The number of aliphatic hydroxyl groups excluding tert-OH is 1. The summed E-state index contributed by atoms with van der Waals surface area (Å²) in [7, 11) is 0. The van der Waals surface area contributed by atoms with E-state index in [0.29, 0.717) is 22.6 Å². The van der Waals surface area contributed by atoms with Crippen LogP contribution in [0.5, 0.6) is 23.0 Å². The van der Waals surface area contributed by atoms with E-state index in [1.807, 2.05) is 24.3 Å². The van der Waals surface area contributed by atoms with Crippen molar-refractivity contribution in [1.82, 2.24) is 0 Å². The number of benzene rings is 2. The summed E-state index contributed by atoms with van der Waals surface area (Å²) >= 11 is 0. The molecule has 0 aromatic heterocycles. The Bertz CT molecular complexity index is 1190. The molecule has 7 heteroatoms. The van der Waals surface area contributed by atoms with Gasteiger partial charge in [0.25, 0.3) is 5.95 Å². The maximum absolute atomic E-state index is 11.9. The van der Waals surface area contributed by atoms with E-state index in [-0.39, 0.29) is 34.7 Å². The zero-order valence-electron chi connectivity index (χ0n) is 23.4. The second kappa shape index (κ2) is 19.3. The fraction of sp³-hybridized carbons (Fsp3) is 0.294. The van der Waals surface area contributed by atoms with Crippen LogP contribution in [0.1, 0.15) is 58.3 Å².